The van der Waals surface area contributed by atoms with Crippen LogP contribution in [0.5, 0.6) is 0 Å². The van der Waals surface area contributed by atoms with Gasteiger partial charge in [-0.05, 0) is 43.2 Å². The quantitative estimate of drug-likeness (QED) is 0.832. The molecule has 0 heterocycles. The molecule has 120 valence electrons. The summed E-state index contributed by atoms with van der Waals surface area (Å²) in [6, 6.07) is 12.6. The molecule has 2 aromatic rings. The van der Waals surface area contributed by atoms with E-state index in [9.17, 15) is 9.59 Å². The molecule has 0 fully saturated rings. The molecule has 0 saturated carbocycles. The van der Waals surface area contributed by atoms with Gasteiger partial charge < -0.3 is 15.4 Å². The molecule has 2 N–H and O–H groups in total. The number of carbonyl (C=O) groups is 2. The fourth-order valence-corrected chi connectivity index (χ4v) is 2.31. The van der Waals surface area contributed by atoms with E-state index >= 15 is 0 Å². The minimum Gasteiger partial charge on any atom is -0.465 e. The predicted octanol–water partition coefficient (Wildman–Crippen LogP) is 3.14. The molecule has 5 heteroatoms. The van der Waals surface area contributed by atoms with Crippen LogP contribution in [0.4, 0.5) is 11.4 Å². The van der Waals surface area contributed by atoms with Crippen molar-refractivity contribution in [1.82, 2.24) is 0 Å². The molecule has 0 unspecified atom stereocenters. The average Bonchev–Trinajstić information content (AvgIpc) is 2.54. The summed E-state index contributed by atoms with van der Waals surface area (Å²) in [6.07, 6.45) is 0. The minimum absolute atomic E-state index is 0.147. The number of carbonyl (C=O) groups excluding carboxylic acids is 2. The van der Waals surface area contributed by atoms with Gasteiger partial charge in [0, 0.05) is 11.4 Å². The number of methoxy groups -OCH3 is 1. The van der Waals surface area contributed by atoms with E-state index in [0.717, 1.165) is 16.8 Å². The molecule has 0 spiro atoms. The van der Waals surface area contributed by atoms with Crippen LogP contribution in [-0.2, 0) is 9.53 Å². The normalized spacial score (nSPS) is 10.0. The van der Waals surface area contributed by atoms with Gasteiger partial charge in [0.2, 0.25) is 5.91 Å². The van der Waals surface area contributed by atoms with Crippen molar-refractivity contribution in [3.63, 3.8) is 0 Å². The highest BCUT2D eigenvalue weighted by atomic mass is 16.5. The molecular weight excluding hydrogens is 292 g/mol. The molecule has 0 saturated heterocycles. The predicted molar refractivity (Wildman–Crippen MR) is 90.8 cm³/mol. The van der Waals surface area contributed by atoms with Crippen molar-refractivity contribution in [3.05, 3.63) is 59.2 Å². The lowest BCUT2D eigenvalue weighted by Gasteiger charge is -2.13. The number of esters is 1. The SMILES string of the molecule is COC(=O)c1cccc(NC(=O)CNc2c(C)cccc2C)c1. The summed E-state index contributed by atoms with van der Waals surface area (Å²) in [5.41, 5.74) is 4.09. The summed E-state index contributed by atoms with van der Waals surface area (Å²) in [5.74, 6) is -0.621. The number of hydrogen-bond acceptors (Lipinski definition) is 4. The van der Waals surface area contributed by atoms with Crippen molar-refractivity contribution in [3.8, 4) is 0 Å². The highest BCUT2D eigenvalue weighted by Crippen LogP contribution is 2.19. The summed E-state index contributed by atoms with van der Waals surface area (Å²) in [5, 5.41) is 5.91. The first-order valence-corrected chi connectivity index (χ1v) is 7.29. The van der Waals surface area contributed by atoms with Crippen molar-refractivity contribution < 1.29 is 14.3 Å². The Morgan fingerprint density at radius 2 is 1.70 bits per heavy atom. The average molecular weight is 312 g/mol. The van der Waals surface area contributed by atoms with Crippen LogP contribution < -0.4 is 10.6 Å². The number of anilines is 2. The van der Waals surface area contributed by atoms with E-state index in [0.29, 0.717) is 11.3 Å². The first-order valence-electron chi connectivity index (χ1n) is 7.29. The van der Waals surface area contributed by atoms with Gasteiger partial charge in [0.1, 0.15) is 0 Å². The number of nitrogens with one attached hydrogen (secondary N) is 2. The number of hydrogen-bond donors (Lipinski definition) is 2. The second-order valence-electron chi connectivity index (χ2n) is 5.24. The second kappa shape index (κ2) is 7.45. The highest BCUT2D eigenvalue weighted by Gasteiger charge is 2.08. The van der Waals surface area contributed by atoms with Crippen LogP contribution in [0.3, 0.4) is 0 Å². The molecule has 2 aromatic carbocycles. The first kappa shape index (κ1) is 16.5. The number of amides is 1. The Bertz CT molecular complexity index is 706. The largest absolute Gasteiger partial charge is 0.465 e. The number of ether oxygens (including phenoxy) is 1. The van der Waals surface area contributed by atoms with Crippen molar-refractivity contribution in [1.29, 1.82) is 0 Å². The Morgan fingerprint density at radius 1 is 1.04 bits per heavy atom. The van der Waals surface area contributed by atoms with E-state index in [4.69, 9.17) is 0 Å². The maximum atomic E-state index is 12.1. The number of para-hydroxylation sites is 1. The zero-order valence-electron chi connectivity index (χ0n) is 13.5. The van der Waals surface area contributed by atoms with Crippen molar-refractivity contribution in [2.24, 2.45) is 0 Å². The van der Waals surface area contributed by atoms with E-state index in [1.54, 1.807) is 24.3 Å². The van der Waals surface area contributed by atoms with Gasteiger partial charge in [-0.2, -0.15) is 0 Å². The molecule has 23 heavy (non-hydrogen) atoms. The van der Waals surface area contributed by atoms with Crippen LogP contribution in [0.1, 0.15) is 21.5 Å². The van der Waals surface area contributed by atoms with Gasteiger partial charge in [0.25, 0.3) is 0 Å². The molecule has 0 aromatic heterocycles. The lowest BCUT2D eigenvalue weighted by atomic mass is 10.1. The van der Waals surface area contributed by atoms with Gasteiger partial charge in [-0.3, -0.25) is 4.79 Å². The van der Waals surface area contributed by atoms with Crippen molar-refractivity contribution >= 4 is 23.3 Å². The standard InChI is InChI=1S/C18H20N2O3/c1-12-6-4-7-13(2)17(12)19-11-16(21)20-15-9-5-8-14(10-15)18(22)23-3/h4-10,19H,11H2,1-3H3,(H,20,21). The molecule has 0 aliphatic rings. The fourth-order valence-electron chi connectivity index (χ4n) is 2.31. The van der Waals surface area contributed by atoms with Gasteiger partial charge in [0.15, 0.2) is 0 Å². The fraction of sp³-hybridized carbons (Fsp3) is 0.222. The maximum absolute atomic E-state index is 12.1. The van der Waals surface area contributed by atoms with Gasteiger partial charge in [-0.1, -0.05) is 24.3 Å². The third-order valence-corrected chi connectivity index (χ3v) is 3.47. The topological polar surface area (TPSA) is 67.4 Å². The lowest BCUT2D eigenvalue weighted by Crippen LogP contribution is -2.22. The lowest BCUT2D eigenvalue weighted by molar-refractivity contribution is -0.114. The second-order valence-corrected chi connectivity index (χ2v) is 5.24. The molecule has 0 aliphatic carbocycles. The van der Waals surface area contributed by atoms with E-state index in [-0.39, 0.29) is 12.5 Å². The third kappa shape index (κ3) is 4.32. The zero-order valence-corrected chi connectivity index (χ0v) is 13.5. The highest BCUT2D eigenvalue weighted by molar-refractivity contribution is 5.96. The van der Waals surface area contributed by atoms with Crippen LogP contribution in [0.25, 0.3) is 0 Å². The number of rotatable bonds is 5. The van der Waals surface area contributed by atoms with Crippen molar-refractivity contribution in [2.45, 2.75) is 13.8 Å². The number of benzene rings is 2. The van der Waals surface area contributed by atoms with Crippen LogP contribution in [0.2, 0.25) is 0 Å². The third-order valence-electron chi connectivity index (χ3n) is 3.47. The smallest absolute Gasteiger partial charge is 0.337 e. The van der Waals surface area contributed by atoms with Gasteiger partial charge >= 0.3 is 5.97 Å². The van der Waals surface area contributed by atoms with E-state index < -0.39 is 5.97 Å². The summed E-state index contributed by atoms with van der Waals surface area (Å²) in [6.45, 7) is 4.13. The Labute approximate surface area is 135 Å². The van der Waals surface area contributed by atoms with E-state index in [2.05, 4.69) is 15.4 Å². The minimum atomic E-state index is -0.435. The molecule has 0 atom stereocenters. The molecule has 0 bridgehead atoms. The Kier molecular flexibility index (Phi) is 5.36. The summed E-state index contributed by atoms with van der Waals surface area (Å²) >= 11 is 0. The van der Waals surface area contributed by atoms with Crippen LogP contribution >= 0.6 is 0 Å². The van der Waals surface area contributed by atoms with Gasteiger partial charge in [-0.25, -0.2) is 4.79 Å². The zero-order chi connectivity index (χ0) is 16.8. The summed E-state index contributed by atoms with van der Waals surface area (Å²) in [7, 11) is 1.32. The molecule has 2 rings (SSSR count). The van der Waals surface area contributed by atoms with Gasteiger partial charge in [0.05, 0.1) is 19.2 Å². The molecular formula is C18H20N2O3. The van der Waals surface area contributed by atoms with Gasteiger partial charge in [-0.15, -0.1) is 0 Å². The maximum Gasteiger partial charge on any atom is 0.337 e. The molecule has 0 radical (unpaired) electrons. The van der Waals surface area contributed by atoms with E-state index in [1.165, 1.54) is 7.11 Å². The first-order chi connectivity index (χ1) is 11.0. The summed E-state index contributed by atoms with van der Waals surface area (Å²) in [4.78, 5) is 23.6. The molecule has 1 amide bonds. The summed E-state index contributed by atoms with van der Waals surface area (Å²) < 4.78 is 4.66. The Balaban J connectivity index is 1.99. The molecule has 5 nitrogen and oxygen atoms in total. The van der Waals surface area contributed by atoms with Crippen LogP contribution in [0, 0.1) is 13.8 Å². The van der Waals surface area contributed by atoms with E-state index in [1.807, 2.05) is 32.0 Å². The van der Waals surface area contributed by atoms with Crippen LogP contribution in [-0.4, -0.2) is 25.5 Å². The van der Waals surface area contributed by atoms with Crippen LogP contribution in [0.15, 0.2) is 42.5 Å². The van der Waals surface area contributed by atoms with Crippen molar-refractivity contribution in [2.75, 3.05) is 24.3 Å². The number of aryl methyl sites for hydroxylation is 2. The monoisotopic (exact) mass is 312 g/mol. The Hall–Kier alpha value is -2.82. The Morgan fingerprint density at radius 3 is 2.35 bits per heavy atom. The molecule has 0 aliphatic heterocycles.